The number of H-pyrrole nitrogens is 1. The quantitative estimate of drug-likeness (QED) is 0.555. The molecule has 0 spiro atoms. The Morgan fingerprint density at radius 3 is 2.74 bits per heavy atom. The first-order valence-electron chi connectivity index (χ1n) is 7.91. The summed E-state index contributed by atoms with van der Waals surface area (Å²) in [5.74, 6) is 0.947. The van der Waals surface area contributed by atoms with Crippen molar-refractivity contribution < 1.29 is 4.74 Å². The summed E-state index contributed by atoms with van der Waals surface area (Å²) in [4.78, 5) is 30.8. The predicted molar refractivity (Wildman–Crippen MR) is 92.3 cm³/mol. The fourth-order valence-corrected chi connectivity index (χ4v) is 3.43. The van der Waals surface area contributed by atoms with Crippen LogP contribution >= 0.6 is 11.8 Å². The number of nitrogens with one attached hydrogen (secondary N) is 1. The van der Waals surface area contributed by atoms with Gasteiger partial charge in [-0.15, -0.1) is 0 Å². The number of imidazole rings is 1. The highest BCUT2D eigenvalue weighted by atomic mass is 32.2. The van der Waals surface area contributed by atoms with E-state index < -0.39 is 11.2 Å². The molecule has 7 nitrogen and oxygen atoms in total. The molecule has 2 aromatic heterocycles. The second-order valence-electron chi connectivity index (χ2n) is 5.44. The predicted octanol–water partition coefficient (Wildman–Crippen LogP) is 1.74. The number of fused-ring (bicyclic) bond motifs is 1. The molecule has 0 bridgehead atoms. The van der Waals surface area contributed by atoms with E-state index in [1.807, 2.05) is 4.57 Å². The van der Waals surface area contributed by atoms with Gasteiger partial charge in [-0.05, 0) is 6.42 Å². The second kappa shape index (κ2) is 8.35. The summed E-state index contributed by atoms with van der Waals surface area (Å²) in [6.45, 7) is 3.20. The molecular weight excluding hydrogens is 316 g/mol. The minimum atomic E-state index is -0.446. The molecule has 0 aromatic carbocycles. The van der Waals surface area contributed by atoms with Crippen molar-refractivity contribution in [2.45, 2.75) is 44.3 Å². The molecule has 0 saturated carbocycles. The van der Waals surface area contributed by atoms with Crippen LogP contribution < -0.4 is 11.2 Å². The third-order valence-electron chi connectivity index (χ3n) is 3.72. The minimum Gasteiger partial charge on any atom is -0.383 e. The largest absolute Gasteiger partial charge is 0.383 e. The van der Waals surface area contributed by atoms with Gasteiger partial charge in [0.2, 0.25) is 0 Å². The van der Waals surface area contributed by atoms with Crippen molar-refractivity contribution in [3.8, 4) is 0 Å². The van der Waals surface area contributed by atoms with Gasteiger partial charge in [-0.2, -0.15) is 0 Å². The third-order valence-corrected chi connectivity index (χ3v) is 4.78. The van der Waals surface area contributed by atoms with Gasteiger partial charge >= 0.3 is 5.69 Å². The maximum Gasteiger partial charge on any atom is 0.329 e. The van der Waals surface area contributed by atoms with Crippen LogP contribution in [-0.4, -0.2) is 38.6 Å². The van der Waals surface area contributed by atoms with Crippen molar-refractivity contribution in [1.82, 2.24) is 19.1 Å². The van der Waals surface area contributed by atoms with Crippen molar-refractivity contribution in [1.29, 1.82) is 0 Å². The number of aromatic amines is 1. The van der Waals surface area contributed by atoms with Gasteiger partial charge < -0.3 is 9.30 Å². The fraction of sp³-hybridized carbons (Fsp3) is 0.667. The Balaban J connectivity index is 2.34. The average Bonchev–Trinajstić information content (AvgIpc) is 2.89. The lowest BCUT2D eigenvalue weighted by molar-refractivity contribution is 0.186. The highest BCUT2D eigenvalue weighted by Gasteiger charge is 2.17. The SMILES string of the molecule is CCCCCCSc1nc2c(c(=O)[nH]c(=O)n2C)n1CCOC. The topological polar surface area (TPSA) is 81.9 Å². The number of aromatic nitrogens is 4. The summed E-state index contributed by atoms with van der Waals surface area (Å²) in [6.07, 6.45) is 4.74. The Morgan fingerprint density at radius 1 is 1.26 bits per heavy atom. The number of unbranched alkanes of at least 4 members (excludes halogenated alkanes) is 3. The summed E-state index contributed by atoms with van der Waals surface area (Å²) in [5.41, 5.74) is 0.00837. The molecule has 23 heavy (non-hydrogen) atoms. The molecule has 0 aliphatic carbocycles. The van der Waals surface area contributed by atoms with E-state index in [2.05, 4.69) is 16.9 Å². The standard InChI is InChI=1S/C15H24N4O3S/c1-4-5-6-7-10-23-15-16-12-11(19(15)8-9-22-3)13(20)17-14(21)18(12)2/h4-10H2,1-3H3,(H,17,20,21). The zero-order valence-electron chi connectivity index (χ0n) is 13.9. The lowest BCUT2D eigenvalue weighted by Crippen LogP contribution is -2.29. The van der Waals surface area contributed by atoms with E-state index in [-0.39, 0.29) is 0 Å². The van der Waals surface area contributed by atoms with Gasteiger partial charge in [-0.25, -0.2) is 9.78 Å². The molecule has 0 atom stereocenters. The number of nitrogens with zero attached hydrogens (tertiary/aromatic N) is 3. The number of hydrogen-bond donors (Lipinski definition) is 1. The van der Waals surface area contributed by atoms with Gasteiger partial charge in [-0.3, -0.25) is 14.3 Å². The lowest BCUT2D eigenvalue weighted by atomic mass is 10.2. The zero-order valence-corrected chi connectivity index (χ0v) is 14.7. The van der Waals surface area contributed by atoms with E-state index in [1.165, 1.54) is 23.8 Å². The lowest BCUT2D eigenvalue weighted by Gasteiger charge is -2.07. The van der Waals surface area contributed by atoms with Crippen LogP contribution in [0.5, 0.6) is 0 Å². The fourth-order valence-electron chi connectivity index (χ4n) is 2.41. The van der Waals surface area contributed by atoms with Crippen LogP contribution in [0.3, 0.4) is 0 Å². The molecule has 0 saturated heterocycles. The van der Waals surface area contributed by atoms with Gasteiger partial charge in [-0.1, -0.05) is 37.9 Å². The Morgan fingerprint density at radius 2 is 2.04 bits per heavy atom. The number of aryl methyl sites for hydroxylation is 1. The van der Waals surface area contributed by atoms with Gasteiger partial charge in [0.15, 0.2) is 16.3 Å². The van der Waals surface area contributed by atoms with Crippen LogP contribution in [0.15, 0.2) is 14.7 Å². The van der Waals surface area contributed by atoms with Gasteiger partial charge in [0.1, 0.15) is 0 Å². The molecule has 0 aliphatic rings. The Bertz CT molecular complexity index is 762. The molecule has 8 heteroatoms. The molecule has 2 heterocycles. The number of rotatable bonds is 9. The van der Waals surface area contributed by atoms with E-state index in [0.29, 0.717) is 24.3 Å². The molecule has 0 aliphatic heterocycles. The van der Waals surface area contributed by atoms with E-state index in [9.17, 15) is 9.59 Å². The molecule has 128 valence electrons. The summed E-state index contributed by atoms with van der Waals surface area (Å²) in [7, 11) is 3.24. The Hall–Kier alpha value is -1.54. The molecule has 0 fully saturated rings. The first kappa shape index (κ1) is 17.8. The normalized spacial score (nSPS) is 11.4. The number of hydrogen-bond acceptors (Lipinski definition) is 5. The van der Waals surface area contributed by atoms with Gasteiger partial charge in [0, 0.05) is 26.5 Å². The maximum atomic E-state index is 12.2. The number of ether oxygens (including phenoxy) is 1. The zero-order chi connectivity index (χ0) is 16.8. The first-order valence-corrected chi connectivity index (χ1v) is 8.90. The summed E-state index contributed by atoms with van der Waals surface area (Å²) >= 11 is 1.63. The Labute approximate surface area is 139 Å². The van der Waals surface area contributed by atoms with E-state index in [0.717, 1.165) is 17.3 Å². The van der Waals surface area contributed by atoms with Crippen LogP contribution in [0.2, 0.25) is 0 Å². The van der Waals surface area contributed by atoms with Crippen molar-refractivity contribution in [3.05, 3.63) is 20.8 Å². The van der Waals surface area contributed by atoms with Crippen LogP contribution in [0.25, 0.3) is 11.2 Å². The average molecular weight is 340 g/mol. The molecule has 2 rings (SSSR count). The van der Waals surface area contributed by atoms with Crippen LogP contribution in [0, 0.1) is 0 Å². The first-order chi connectivity index (χ1) is 11.1. The van der Waals surface area contributed by atoms with Crippen LogP contribution in [0.4, 0.5) is 0 Å². The second-order valence-corrected chi connectivity index (χ2v) is 6.50. The monoisotopic (exact) mass is 340 g/mol. The minimum absolute atomic E-state index is 0.399. The Kier molecular flexibility index (Phi) is 6.47. The van der Waals surface area contributed by atoms with E-state index in [1.54, 1.807) is 25.9 Å². The van der Waals surface area contributed by atoms with Crippen molar-refractivity contribution in [2.75, 3.05) is 19.5 Å². The molecular formula is C15H24N4O3S. The van der Waals surface area contributed by atoms with Crippen molar-refractivity contribution >= 4 is 22.9 Å². The molecule has 0 amide bonds. The summed E-state index contributed by atoms with van der Waals surface area (Å²) in [5, 5.41) is 0.764. The van der Waals surface area contributed by atoms with Crippen molar-refractivity contribution in [2.24, 2.45) is 7.05 Å². The van der Waals surface area contributed by atoms with Crippen molar-refractivity contribution in [3.63, 3.8) is 0 Å². The highest BCUT2D eigenvalue weighted by molar-refractivity contribution is 7.99. The smallest absolute Gasteiger partial charge is 0.329 e. The number of thioether (sulfide) groups is 1. The highest BCUT2D eigenvalue weighted by Crippen LogP contribution is 2.22. The van der Waals surface area contributed by atoms with E-state index >= 15 is 0 Å². The molecule has 1 N–H and O–H groups in total. The van der Waals surface area contributed by atoms with Crippen LogP contribution in [-0.2, 0) is 18.3 Å². The summed E-state index contributed by atoms with van der Waals surface area (Å²) in [6, 6.07) is 0. The molecule has 0 unspecified atom stereocenters. The molecule has 2 aromatic rings. The summed E-state index contributed by atoms with van der Waals surface area (Å²) < 4.78 is 8.36. The third kappa shape index (κ3) is 4.06. The van der Waals surface area contributed by atoms with Gasteiger partial charge in [0.25, 0.3) is 5.56 Å². The number of methoxy groups -OCH3 is 1. The van der Waals surface area contributed by atoms with Gasteiger partial charge in [0.05, 0.1) is 6.61 Å². The van der Waals surface area contributed by atoms with E-state index in [4.69, 9.17) is 4.74 Å². The molecule has 0 radical (unpaired) electrons. The maximum absolute atomic E-state index is 12.2. The van der Waals surface area contributed by atoms with Crippen LogP contribution in [0.1, 0.15) is 32.6 Å².